The van der Waals surface area contributed by atoms with Crippen LogP contribution >= 0.6 is 0 Å². The third kappa shape index (κ3) is 2.56. The molecule has 0 saturated heterocycles. The maximum Gasteiger partial charge on any atom is 0.153 e. The average molecular weight is 202 g/mol. The molecule has 1 rings (SSSR count). The lowest BCUT2D eigenvalue weighted by Gasteiger charge is -2.24. The van der Waals surface area contributed by atoms with Crippen LogP contribution in [-0.4, -0.2) is 19.9 Å². The van der Waals surface area contributed by atoms with Gasteiger partial charge in [0, 0.05) is 6.26 Å². The van der Waals surface area contributed by atoms with Gasteiger partial charge in [-0.25, -0.2) is 8.42 Å². The van der Waals surface area contributed by atoms with E-state index in [-0.39, 0.29) is 5.25 Å². The number of sulfone groups is 1. The summed E-state index contributed by atoms with van der Waals surface area (Å²) in [7, 11) is -2.90. The van der Waals surface area contributed by atoms with Crippen LogP contribution in [0.5, 0.6) is 0 Å². The molecular formula is C10H18O2S. The lowest BCUT2D eigenvalue weighted by Crippen LogP contribution is -2.23. The summed E-state index contributed by atoms with van der Waals surface area (Å²) in [6.07, 6.45) is 6.80. The quantitative estimate of drug-likeness (QED) is 0.643. The summed E-state index contributed by atoms with van der Waals surface area (Å²) in [5.41, 5.74) is 1.12. The minimum absolute atomic E-state index is 0.289. The van der Waals surface area contributed by atoms with E-state index < -0.39 is 9.84 Å². The molecule has 2 nitrogen and oxygen atoms in total. The Kier molecular flexibility index (Phi) is 3.17. The lowest BCUT2D eigenvalue weighted by molar-refractivity contribution is 0.528. The standard InChI is InChI=1S/C10H18O2S/c1-8-6-4-5-7-10(8)9(2)13(3,11)12/h7-9H,4-6H2,1-3H3. The number of allylic oxidation sites excluding steroid dienone is 1. The number of hydrogen-bond acceptors (Lipinski definition) is 2. The summed E-state index contributed by atoms with van der Waals surface area (Å²) < 4.78 is 22.7. The van der Waals surface area contributed by atoms with E-state index in [1.807, 2.05) is 0 Å². The van der Waals surface area contributed by atoms with E-state index >= 15 is 0 Å². The second-order valence-electron chi connectivity index (χ2n) is 4.01. The van der Waals surface area contributed by atoms with Crippen molar-refractivity contribution < 1.29 is 8.42 Å². The maximum absolute atomic E-state index is 11.3. The molecule has 0 radical (unpaired) electrons. The molecule has 0 aromatic heterocycles. The van der Waals surface area contributed by atoms with Crippen molar-refractivity contribution in [3.05, 3.63) is 11.6 Å². The van der Waals surface area contributed by atoms with E-state index in [0.717, 1.165) is 18.4 Å². The van der Waals surface area contributed by atoms with Crippen LogP contribution in [0.1, 0.15) is 33.1 Å². The molecule has 0 aromatic rings. The molecular weight excluding hydrogens is 184 g/mol. The van der Waals surface area contributed by atoms with Gasteiger partial charge in [-0.3, -0.25) is 0 Å². The zero-order valence-electron chi connectivity index (χ0n) is 8.58. The largest absolute Gasteiger partial charge is 0.229 e. The van der Waals surface area contributed by atoms with Gasteiger partial charge in [-0.1, -0.05) is 18.6 Å². The highest BCUT2D eigenvalue weighted by Crippen LogP contribution is 2.29. The molecule has 0 heterocycles. The lowest BCUT2D eigenvalue weighted by atomic mass is 9.88. The van der Waals surface area contributed by atoms with Crippen LogP contribution in [0.25, 0.3) is 0 Å². The van der Waals surface area contributed by atoms with E-state index in [9.17, 15) is 8.42 Å². The number of hydrogen-bond donors (Lipinski definition) is 0. The van der Waals surface area contributed by atoms with Gasteiger partial charge in [0.15, 0.2) is 9.84 Å². The second kappa shape index (κ2) is 3.82. The Labute approximate surface area is 81.0 Å². The second-order valence-corrected chi connectivity index (χ2v) is 6.37. The summed E-state index contributed by atoms with van der Waals surface area (Å²) in [6.45, 7) is 3.91. The first-order valence-electron chi connectivity index (χ1n) is 4.81. The first kappa shape index (κ1) is 10.8. The van der Waals surface area contributed by atoms with Crippen LogP contribution < -0.4 is 0 Å². The highest BCUT2D eigenvalue weighted by atomic mass is 32.2. The SMILES string of the molecule is CC1CCCC=C1C(C)S(C)(=O)=O. The Bertz CT molecular complexity index is 301. The molecule has 0 fully saturated rings. The highest BCUT2D eigenvalue weighted by Gasteiger charge is 2.25. The summed E-state index contributed by atoms with van der Waals surface area (Å²) in [5.74, 6) is 0.443. The van der Waals surface area contributed by atoms with Crippen molar-refractivity contribution in [1.82, 2.24) is 0 Å². The van der Waals surface area contributed by atoms with Crippen molar-refractivity contribution in [1.29, 1.82) is 0 Å². The topological polar surface area (TPSA) is 34.1 Å². The van der Waals surface area contributed by atoms with Crippen LogP contribution in [0.2, 0.25) is 0 Å². The summed E-state index contributed by atoms with van der Waals surface area (Å²) in [4.78, 5) is 0. The van der Waals surface area contributed by atoms with Gasteiger partial charge < -0.3 is 0 Å². The molecule has 13 heavy (non-hydrogen) atoms. The molecule has 1 aliphatic rings. The van der Waals surface area contributed by atoms with Gasteiger partial charge in [-0.05, 0) is 32.1 Å². The van der Waals surface area contributed by atoms with Crippen molar-refractivity contribution >= 4 is 9.84 Å². The van der Waals surface area contributed by atoms with Gasteiger partial charge in [0.1, 0.15) is 0 Å². The van der Waals surface area contributed by atoms with Gasteiger partial charge in [0.05, 0.1) is 5.25 Å². The van der Waals surface area contributed by atoms with Gasteiger partial charge in [-0.15, -0.1) is 0 Å². The van der Waals surface area contributed by atoms with Crippen molar-refractivity contribution in [2.45, 2.75) is 38.4 Å². The van der Waals surface area contributed by atoms with Gasteiger partial charge in [0.2, 0.25) is 0 Å². The molecule has 2 atom stereocenters. The summed E-state index contributed by atoms with van der Waals surface area (Å²) in [5, 5.41) is -0.289. The highest BCUT2D eigenvalue weighted by molar-refractivity contribution is 7.91. The Morgan fingerprint density at radius 1 is 1.54 bits per heavy atom. The first-order chi connectivity index (χ1) is 5.93. The van der Waals surface area contributed by atoms with Crippen molar-refractivity contribution in [2.24, 2.45) is 5.92 Å². The smallest absolute Gasteiger partial charge is 0.153 e. The third-order valence-corrected chi connectivity index (χ3v) is 4.46. The molecule has 0 amide bonds. The van der Waals surface area contributed by atoms with E-state index in [1.54, 1.807) is 6.92 Å². The molecule has 3 heteroatoms. The molecule has 0 saturated carbocycles. The maximum atomic E-state index is 11.3. The summed E-state index contributed by atoms with van der Waals surface area (Å²) in [6, 6.07) is 0. The Balaban J connectivity index is 2.88. The minimum Gasteiger partial charge on any atom is -0.229 e. The van der Waals surface area contributed by atoms with Crippen molar-refractivity contribution in [3.63, 3.8) is 0 Å². The monoisotopic (exact) mass is 202 g/mol. The van der Waals surface area contributed by atoms with Crippen LogP contribution in [0.4, 0.5) is 0 Å². The molecule has 0 aromatic carbocycles. The molecule has 0 aliphatic heterocycles. The van der Waals surface area contributed by atoms with Crippen LogP contribution in [0.3, 0.4) is 0 Å². The zero-order chi connectivity index (χ0) is 10.1. The normalized spacial score (nSPS) is 26.7. The van der Waals surface area contributed by atoms with Crippen LogP contribution in [0, 0.1) is 5.92 Å². The van der Waals surface area contributed by atoms with Gasteiger partial charge >= 0.3 is 0 Å². The van der Waals surface area contributed by atoms with Crippen molar-refractivity contribution in [3.8, 4) is 0 Å². The average Bonchev–Trinajstić information content (AvgIpc) is 2.02. The fourth-order valence-corrected chi connectivity index (χ4v) is 2.70. The van der Waals surface area contributed by atoms with E-state index in [2.05, 4.69) is 13.0 Å². The fourth-order valence-electron chi connectivity index (χ4n) is 1.87. The van der Waals surface area contributed by atoms with E-state index in [1.165, 1.54) is 12.7 Å². The van der Waals surface area contributed by atoms with E-state index in [4.69, 9.17) is 0 Å². The zero-order valence-corrected chi connectivity index (χ0v) is 9.39. The summed E-state index contributed by atoms with van der Waals surface area (Å²) >= 11 is 0. The van der Waals surface area contributed by atoms with Crippen LogP contribution in [-0.2, 0) is 9.84 Å². The third-order valence-electron chi connectivity index (χ3n) is 2.90. The predicted molar refractivity (Wildman–Crippen MR) is 55.4 cm³/mol. The molecule has 76 valence electrons. The van der Waals surface area contributed by atoms with E-state index in [0.29, 0.717) is 5.92 Å². The Morgan fingerprint density at radius 3 is 2.62 bits per heavy atom. The van der Waals surface area contributed by atoms with Gasteiger partial charge in [0.25, 0.3) is 0 Å². The minimum atomic E-state index is -2.90. The number of rotatable bonds is 2. The Hall–Kier alpha value is -0.310. The van der Waals surface area contributed by atoms with Crippen molar-refractivity contribution in [2.75, 3.05) is 6.26 Å². The molecule has 2 unspecified atom stereocenters. The molecule has 0 bridgehead atoms. The molecule has 0 spiro atoms. The molecule has 0 N–H and O–H groups in total. The first-order valence-corrected chi connectivity index (χ1v) is 6.77. The molecule has 1 aliphatic carbocycles. The predicted octanol–water partition coefficient (Wildman–Crippen LogP) is 2.17. The van der Waals surface area contributed by atoms with Gasteiger partial charge in [-0.2, -0.15) is 0 Å². The fraction of sp³-hybridized carbons (Fsp3) is 0.800. The van der Waals surface area contributed by atoms with Crippen LogP contribution in [0.15, 0.2) is 11.6 Å². The Morgan fingerprint density at radius 2 is 2.15 bits per heavy atom.